The number of carbonyl (C=O) groups excluding carboxylic acids is 1. The number of nitrogens with one attached hydrogen (secondary N) is 1. The van der Waals surface area contributed by atoms with Crippen LogP contribution in [0.2, 0.25) is 0 Å². The molecule has 19 heavy (non-hydrogen) atoms. The van der Waals surface area contributed by atoms with Gasteiger partial charge in [-0.15, -0.1) is 0 Å². The van der Waals surface area contributed by atoms with Crippen LogP contribution in [0.25, 0.3) is 0 Å². The van der Waals surface area contributed by atoms with Crippen LogP contribution in [0.15, 0.2) is 29.4 Å². The fourth-order valence-electron chi connectivity index (χ4n) is 2.25. The Morgan fingerprint density at radius 2 is 1.74 bits per heavy atom. The van der Waals surface area contributed by atoms with Gasteiger partial charge in [0.2, 0.25) is 5.91 Å². The van der Waals surface area contributed by atoms with Gasteiger partial charge in [-0.3, -0.25) is 4.79 Å². The Labute approximate surface area is 114 Å². The summed E-state index contributed by atoms with van der Waals surface area (Å²) in [6, 6.07) is 7.35. The van der Waals surface area contributed by atoms with Crippen LogP contribution in [-0.4, -0.2) is 11.6 Å². The average Bonchev–Trinajstić information content (AvgIpc) is 2.68. The molecule has 1 aliphatic rings. The third kappa shape index (κ3) is 4.73. The second kappa shape index (κ2) is 6.92. The fraction of sp³-hybridized carbons (Fsp3) is 0.467. The third-order valence-electron chi connectivity index (χ3n) is 3.36. The highest BCUT2D eigenvalue weighted by Gasteiger charge is 2.07. The predicted octanol–water partition coefficient (Wildman–Crippen LogP) is 2.64. The van der Waals surface area contributed by atoms with Crippen molar-refractivity contribution >= 4 is 17.3 Å². The number of hydrogen-bond donors (Lipinski definition) is 2. The first kappa shape index (κ1) is 13.6. The number of nitrogens with two attached hydrogens (primary N) is 1. The molecule has 0 atom stereocenters. The van der Waals surface area contributed by atoms with E-state index in [0.29, 0.717) is 12.1 Å². The molecule has 2 rings (SSSR count). The SMILES string of the molecule is Nc1ccc(CC(=O)NN=C2CCCCCC2)cc1. The average molecular weight is 259 g/mol. The molecule has 102 valence electrons. The van der Waals surface area contributed by atoms with Crippen molar-refractivity contribution in [1.29, 1.82) is 0 Å². The molecule has 4 heteroatoms. The van der Waals surface area contributed by atoms with Gasteiger partial charge in [0.15, 0.2) is 0 Å². The molecule has 0 heterocycles. The highest BCUT2D eigenvalue weighted by Crippen LogP contribution is 2.14. The number of nitrogens with zero attached hydrogens (tertiary/aromatic N) is 1. The van der Waals surface area contributed by atoms with Gasteiger partial charge in [0.1, 0.15) is 0 Å². The van der Waals surface area contributed by atoms with E-state index in [4.69, 9.17) is 5.73 Å². The fourth-order valence-corrected chi connectivity index (χ4v) is 2.25. The topological polar surface area (TPSA) is 67.5 Å². The first-order valence-electron chi connectivity index (χ1n) is 6.93. The van der Waals surface area contributed by atoms with Crippen LogP contribution >= 0.6 is 0 Å². The minimum atomic E-state index is -0.0680. The van der Waals surface area contributed by atoms with E-state index in [2.05, 4.69) is 10.5 Å². The summed E-state index contributed by atoms with van der Waals surface area (Å²) in [4.78, 5) is 11.8. The summed E-state index contributed by atoms with van der Waals surface area (Å²) in [6.45, 7) is 0. The molecule has 0 aromatic heterocycles. The van der Waals surface area contributed by atoms with E-state index in [1.165, 1.54) is 25.7 Å². The number of amides is 1. The first-order valence-corrected chi connectivity index (χ1v) is 6.93. The van der Waals surface area contributed by atoms with Crippen LogP contribution in [0.1, 0.15) is 44.1 Å². The van der Waals surface area contributed by atoms with Crippen LogP contribution in [-0.2, 0) is 11.2 Å². The van der Waals surface area contributed by atoms with E-state index in [0.717, 1.165) is 24.1 Å². The van der Waals surface area contributed by atoms with Crippen molar-refractivity contribution in [2.75, 3.05) is 5.73 Å². The van der Waals surface area contributed by atoms with E-state index in [-0.39, 0.29) is 5.91 Å². The summed E-state index contributed by atoms with van der Waals surface area (Å²) < 4.78 is 0. The maximum atomic E-state index is 11.8. The zero-order valence-electron chi connectivity index (χ0n) is 11.2. The maximum Gasteiger partial charge on any atom is 0.244 e. The molecule has 1 aromatic rings. The van der Waals surface area contributed by atoms with Crippen molar-refractivity contribution in [3.63, 3.8) is 0 Å². The Kier molecular flexibility index (Phi) is 4.95. The Balaban J connectivity index is 1.83. The molecule has 0 aliphatic heterocycles. The molecule has 0 bridgehead atoms. The standard InChI is InChI=1S/C15H21N3O/c16-13-9-7-12(8-10-13)11-15(19)18-17-14-5-3-1-2-4-6-14/h7-10H,1-6,11,16H2,(H,18,19). The minimum absolute atomic E-state index is 0.0680. The second-order valence-corrected chi connectivity index (χ2v) is 5.05. The number of benzene rings is 1. The van der Waals surface area contributed by atoms with Gasteiger partial charge < -0.3 is 5.73 Å². The molecule has 0 radical (unpaired) electrons. The summed E-state index contributed by atoms with van der Waals surface area (Å²) >= 11 is 0. The van der Waals surface area contributed by atoms with Crippen LogP contribution in [0.3, 0.4) is 0 Å². The van der Waals surface area contributed by atoms with Crippen LogP contribution in [0.5, 0.6) is 0 Å². The first-order chi connectivity index (χ1) is 9.24. The summed E-state index contributed by atoms with van der Waals surface area (Å²) in [5.41, 5.74) is 11.1. The van der Waals surface area contributed by atoms with Gasteiger partial charge in [0.05, 0.1) is 6.42 Å². The van der Waals surface area contributed by atoms with Gasteiger partial charge in [-0.25, -0.2) is 5.43 Å². The maximum absolute atomic E-state index is 11.8. The van der Waals surface area contributed by atoms with Crippen LogP contribution in [0, 0.1) is 0 Å². The lowest BCUT2D eigenvalue weighted by Gasteiger charge is -2.04. The molecule has 4 nitrogen and oxygen atoms in total. The third-order valence-corrected chi connectivity index (χ3v) is 3.36. The lowest BCUT2D eigenvalue weighted by atomic mass is 10.1. The van der Waals surface area contributed by atoms with Crippen molar-refractivity contribution in [2.45, 2.75) is 44.9 Å². The highest BCUT2D eigenvalue weighted by atomic mass is 16.2. The molecule has 0 saturated heterocycles. The van der Waals surface area contributed by atoms with E-state index in [1.807, 2.05) is 12.1 Å². The summed E-state index contributed by atoms with van der Waals surface area (Å²) in [5, 5.41) is 4.25. The van der Waals surface area contributed by atoms with E-state index < -0.39 is 0 Å². The van der Waals surface area contributed by atoms with Crippen LogP contribution in [0.4, 0.5) is 5.69 Å². The van der Waals surface area contributed by atoms with Gasteiger partial charge in [-0.2, -0.15) is 5.10 Å². The highest BCUT2D eigenvalue weighted by molar-refractivity contribution is 5.87. The molecule has 3 N–H and O–H groups in total. The monoisotopic (exact) mass is 259 g/mol. The summed E-state index contributed by atoms with van der Waals surface area (Å²) in [7, 11) is 0. The Bertz CT molecular complexity index is 441. The molecule has 0 unspecified atom stereocenters. The Morgan fingerprint density at radius 1 is 1.11 bits per heavy atom. The van der Waals surface area contributed by atoms with Gasteiger partial charge >= 0.3 is 0 Å². The van der Waals surface area contributed by atoms with Gasteiger partial charge in [-0.05, 0) is 43.4 Å². The van der Waals surface area contributed by atoms with Crippen LogP contribution < -0.4 is 11.2 Å². The quantitative estimate of drug-likeness (QED) is 0.498. The zero-order valence-corrected chi connectivity index (χ0v) is 11.2. The van der Waals surface area contributed by atoms with Gasteiger partial charge in [0, 0.05) is 11.4 Å². The molecular weight excluding hydrogens is 238 g/mol. The zero-order chi connectivity index (χ0) is 13.5. The lowest BCUT2D eigenvalue weighted by Crippen LogP contribution is -2.21. The molecule has 1 aliphatic carbocycles. The Hall–Kier alpha value is -1.84. The van der Waals surface area contributed by atoms with Crippen molar-refractivity contribution in [3.8, 4) is 0 Å². The predicted molar refractivity (Wildman–Crippen MR) is 77.8 cm³/mol. The number of anilines is 1. The Morgan fingerprint density at radius 3 is 2.37 bits per heavy atom. The number of hydrazone groups is 1. The largest absolute Gasteiger partial charge is 0.399 e. The number of nitrogen functional groups attached to an aromatic ring is 1. The molecule has 0 spiro atoms. The summed E-state index contributed by atoms with van der Waals surface area (Å²) in [6.07, 6.45) is 7.30. The normalized spacial score (nSPS) is 15.7. The van der Waals surface area contributed by atoms with Crippen molar-refractivity contribution in [1.82, 2.24) is 5.43 Å². The lowest BCUT2D eigenvalue weighted by molar-refractivity contribution is -0.120. The van der Waals surface area contributed by atoms with E-state index >= 15 is 0 Å². The van der Waals surface area contributed by atoms with E-state index in [1.54, 1.807) is 12.1 Å². The van der Waals surface area contributed by atoms with Gasteiger partial charge in [-0.1, -0.05) is 25.0 Å². The number of hydrogen-bond acceptors (Lipinski definition) is 3. The molecule has 1 saturated carbocycles. The second-order valence-electron chi connectivity index (χ2n) is 5.05. The molecule has 1 amide bonds. The smallest absolute Gasteiger partial charge is 0.244 e. The molecule has 1 aromatic carbocycles. The number of rotatable bonds is 3. The van der Waals surface area contributed by atoms with Crippen molar-refractivity contribution in [2.24, 2.45) is 5.10 Å². The van der Waals surface area contributed by atoms with Gasteiger partial charge in [0.25, 0.3) is 0 Å². The minimum Gasteiger partial charge on any atom is -0.399 e. The van der Waals surface area contributed by atoms with Crippen molar-refractivity contribution < 1.29 is 4.79 Å². The van der Waals surface area contributed by atoms with Crippen molar-refractivity contribution in [3.05, 3.63) is 29.8 Å². The molecule has 1 fully saturated rings. The molecular formula is C15H21N3O. The summed E-state index contributed by atoms with van der Waals surface area (Å²) in [5.74, 6) is -0.0680. The number of carbonyl (C=O) groups is 1. The van der Waals surface area contributed by atoms with E-state index in [9.17, 15) is 4.79 Å².